The van der Waals surface area contributed by atoms with Crippen LogP contribution in [-0.2, 0) is 0 Å². The summed E-state index contributed by atoms with van der Waals surface area (Å²) in [6, 6.07) is 4.37. The zero-order valence-electron chi connectivity index (χ0n) is 13.1. The molecule has 23 heavy (non-hydrogen) atoms. The van der Waals surface area contributed by atoms with Crippen LogP contribution in [0.3, 0.4) is 0 Å². The van der Waals surface area contributed by atoms with Gasteiger partial charge in [-0.25, -0.2) is 4.39 Å². The largest absolute Gasteiger partial charge is 0.396 e. The minimum absolute atomic E-state index is 0.0283. The summed E-state index contributed by atoms with van der Waals surface area (Å²) < 4.78 is 14.0. The molecule has 0 radical (unpaired) electrons. The Morgan fingerprint density at radius 3 is 2.74 bits per heavy atom. The van der Waals surface area contributed by atoms with Crippen LogP contribution in [0.4, 0.5) is 4.39 Å². The number of benzene rings is 1. The summed E-state index contributed by atoms with van der Waals surface area (Å²) in [6.45, 7) is 2.06. The van der Waals surface area contributed by atoms with Crippen LogP contribution in [0.15, 0.2) is 18.2 Å². The molecule has 0 spiro atoms. The van der Waals surface area contributed by atoms with Crippen molar-refractivity contribution in [2.24, 2.45) is 11.8 Å². The smallest absolute Gasteiger partial charge is 0.256 e. The van der Waals surface area contributed by atoms with E-state index in [-0.39, 0.29) is 35.6 Å². The van der Waals surface area contributed by atoms with E-state index in [0.29, 0.717) is 26.2 Å². The van der Waals surface area contributed by atoms with Crippen molar-refractivity contribution >= 4 is 17.5 Å². The molecule has 1 fully saturated rings. The van der Waals surface area contributed by atoms with Gasteiger partial charge in [0.1, 0.15) is 0 Å². The minimum atomic E-state index is -0.708. The lowest BCUT2D eigenvalue weighted by Crippen LogP contribution is -2.33. The van der Waals surface area contributed by atoms with Gasteiger partial charge in [0.25, 0.3) is 5.91 Å². The molecule has 1 aliphatic rings. The van der Waals surface area contributed by atoms with Gasteiger partial charge in [-0.05, 0) is 25.1 Å². The first-order valence-electron chi connectivity index (χ1n) is 7.61. The van der Waals surface area contributed by atoms with Gasteiger partial charge in [0, 0.05) is 38.7 Å². The van der Waals surface area contributed by atoms with Crippen LogP contribution in [0.1, 0.15) is 10.4 Å². The fraction of sp³-hybridized carbons (Fsp3) is 0.562. The fourth-order valence-corrected chi connectivity index (χ4v) is 3.19. The third-order valence-electron chi connectivity index (χ3n) is 4.31. The van der Waals surface area contributed by atoms with Crippen molar-refractivity contribution in [1.82, 2.24) is 9.80 Å². The molecule has 1 saturated heterocycles. The molecule has 1 aromatic carbocycles. The van der Waals surface area contributed by atoms with E-state index in [1.54, 1.807) is 11.0 Å². The highest BCUT2D eigenvalue weighted by Gasteiger charge is 2.36. The van der Waals surface area contributed by atoms with Crippen LogP contribution < -0.4 is 0 Å². The molecule has 128 valence electrons. The fourth-order valence-electron chi connectivity index (χ4n) is 3.02. The Morgan fingerprint density at radius 2 is 2.09 bits per heavy atom. The van der Waals surface area contributed by atoms with Crippen molar-refractivity contribution in [3.63, 3.8) is 0 Å². The maximum Gasteiger partial charge on any atom is 0.256 e. The number of carbonyl (C=O) groups is 1. The number of likely N-dealkylation sites (tertiary alicyclic amines) is 1. The monoisotopic (exact) mass is 344 g/mol. The lowest BCUT2D eigenvalue weighted by Gasteiger charge is -2.23. The average Bonchev–Trinajstić information content (AvgIpc) is 2.92. The number of hydrogen-bond donors (Lipinski definition) is 2. The number of nitrogens with zero attached hydrogens (tertiary/aromatic N) is 2. The molecule has 5 nitrogen and oxygen atoms in total. The number of halogens is 2. The first-order valence-corrected chi connectivity index (χ1v) is 7.99. The summed E-state index contributed by atoms with van der Waals surface area (Å²) >= 11 is 5.74. The van der Waals surface area contributed by atoms with Crippen LogP contribution in [0, 0.1) is 17.7 Å². The summed E-state index contributed by atoms with van der Waals surface area (Å²) in [5.74, 6) is -1.08. The van der Waals surface area contributed by atoms with Crippen molar-refractivity contribution in [3.8, 4) is 0 Å². The summed E-state index contributed by atoms with van der Waals surface area (Å²) in [4.78, 5) is 16.1. The number of aliphatic hydroxyl groups excluding tert-OH is 2. The van der Waals surface area contributed by atoms with Crippen LogP contribution in [0.25, 0.3) is 0 Å². The van der Waals surface area contributed by atoms with Gasteiger partial charge in [0.05, 0.1) is 17.2 Å². The Morgan fingerprint density at radius 1 is 1.39 bits per heavy atom. The molecule has 0 aliphatic carbocycles. The molecule has 2 atom stereocenters. The van der Waals surface area contributed by atoms with E-state index >= 15 is 0 Å². The van der Waals surface area contributed by atoms with Gasteiger partial charge in [0.15, 0.2) is 5.82 Å². The Kier molecular flexibility index (Phi) is 6.35. The standard InChI is InChI=1S/C16H22ClFN2O3/c1-19(5-6-21)7-11-8-20(9-12(11)10-22)16(23)13-3-2-4-14(17)15(13)18/h2-4,11-12,21-22H,5-10H2,1H3/t11-,12-/m1/s1. The van der Waals surface area contributed by atoms with Gasteiger partial charge in [-0.1, -0.05) is 17.7 Å². The number of amides is 1. The molecular weight excluding hydrogens is 323 g/mol. The van der Waals surface area contributed by atoms with Gasteiger partial charge in [-0.2, -0.15) is 0 Å². The highest BCUT2D eigenvalue weighted by molar-refractivity contribution is 6.31. The molecule has 0 saturated carbocycles. The average molecular weight is 345 g/mol. The quantitative estimate of drug-likeness (QED) is 0.810. The van der Waals surface area contributed by atoms with Crippen molar-refractivity contribution in [1.29, 1.82) is 0 Å². The van der Waals surface area contributed by atoms with E-state index < -0.39 is 11.7 Å². The first-order chi connectivity index (χ1) is 11.0. The highest BCUT2D eigenvalue weighted by atomic mass is 35.5. The normalized spacial score (nSPS) is 21.2. The second kappa shape index (κ2) is 8.06. The molecular formula is C16H22ClFN2O3. The Bertz CT molecular complexity index is 558. The molecule has 7 heteroatoms. The van der Waals surface area contributed by atoms with Crippen LogP contribution in [-0.4, -0.2) is 72.4 Å². The number of aliphatic hydroxyl groups is 2. The van der Waals surface area contributed by atoms with Gasteiger partial charge in [-0.15, -0.1) is 0 Å². The zero-order valence-corrected chi connectivity index (χ0v) is 13.8. The van der Waals surface area contributed by atoms with Crippen molar-refractivity contribution < 1.29 is 19.4 Å². The number of rotatable bonds is 6. The second-order valence-corrected chi connectivity index (χ2v) is 6.41. The molecule has 0 bridgehead atoms. The predicted octanol–water partition coefficient (Wildman–Crippen LogP) is 1.08. The third-order valence-corrected chi connectivity index (χ3v) is 4.60. The Balaban J connectivity index is 2.09. The molecule has 2 rings (SSSR count). The Hall–Kier alpha value is -1.21. The lowest BCUT2D eigenvalue weighted by atomic mass is 9.96. The maximum atomic E-state index is 14.0. The minimum Gasteiger partial charge on any atom is -0.396 e. The van der Waals surface area contributed by atoms with Crippen molar-refractivity contribution in [2.75, 3.05) is 46.4 Å². The third kappa shape index (κ3) is 4.20. The van der Waals surface area contributed by atoms with Crippen LogP contribution in [0.5, 0.6) is 0 Å². The van der Waals surface area contributed by atoms with Crippen LogP contribution in [0.2, 0.25) is 5.02 Å². The van der Waals surface area contributed by atoms with Gasteiger partial charge in [0.2, 0.25) is 0 Å². The summed E-state index contributed by atoms with van der Waals surface area (Å²) in [6.07, 6.45) is 0. The van der Waals surface area contributed by atoms with Crippen molar-refractivity contribution in [2.45, 2.75) is 0 Å². The van der Waals surface area contributed by atoms with E-state index in [1.807, 2.05) is 11.9 Å². The number of carbonyl (C=O) groups excluding carboxylic acids is 1. The van der Waals surface area contributed by atoms with Gasteiger partial charge in [-0.3, -0.25) is 4.79 Å². The predicted molar refractivity (Wildman–Crippen MR) is 86.0 cm³/mol. The molecule has 1 heterocycles. The second-order valence-electron chi connectivity index (χ2n) is 6.00. The Labute approximate surface area is 140 Å². The van der Waals surface area contributed by atoms with E-state index in [2.05, 4.69) is 0 Å². The molecule has 2 N–H and O–H groups in total. The van der Waals surface area contributed by atoms with Crippen molar-refractivity contribution in [3.05, 3.63) is 34.6 Å². The summed E-state index contributed by atoms with van der Waals surface area (Å²) in [7, 11) is 1.88. The maximum absolute atomic E-state index is 14.0. The molecule has 1 aliphatic heterocycles. The van der Waals surface area contributed by atoms with Crippen LogP contribution >= 0.6 is 11.6 Å². The summed E-state index contributed by atoms with van der Waals surface area (Å²) in [5, 5.41) is 18.4. The molecule has 1 amide bonds. The van der Waals surface area contributed by atoms with E-state index in [9.17, 15) is 14.3 Å². The molecule has 0 aromatic heterocycles. The summed E-state index contributed by atoms with van der Waals surface area (Å²) in [5.41, 5.74) is -0.0430. The first kappa shape index (κ1) is 18.1. The number of likely N-dealkylation sites (N-methyl/N-ethyl adjacent to an activating group) is 1. The zero-order chi connectivity index (χ0) is 17.0. The van der Waals surface area contributed by atoms with E-state index in [1.165, 1.54) is 12.1 Å². The lowest BCUT2D eigenvalue weighted by molar-refractivity contribution is 0.0774. The molecule has 1 aromatic rings. The highest BCUT2D eigenvalue weighted by Crippen LogP contribution is 2.27. The van der Waals surface area contributed by atoms with Gasteiger partial charge < -0.3 is 20.0 Å². The van der Waals surface area contributed by atoms with Gasteiger partial charge >= 0.3 is 0 Å². The SMILES string of the molecule is CN(CCO)C[C@@H]1CN(C(=O)c2cccc(Cl)c2F)C[C@@H]1CO. The van der Waals surface area contributed by atoms with E-state index in [4.69, 9.17) is 16.7 Å². The van der Waals surface area contributed by atoms with E-state index in [0.717, 1.165) is 0 Å². The number of hydrogen-bond acceptors (Lipinski definition) is 4. The molecule has 0 unspecified atom stereocenters. The topological polar surface area (TPSA) is 64.0 Å².